The van der Waals surface area contributed by atoms with Crippen molar-refractivity contribution in [2.45, 2.75) is 0 Å². The summed E-state index contributed by atoms with van der Waals surface area (Å²) >= 11 is 0. The van der Waals surface area contributed by atoms with Gasteiger partial charge in [-0.2, -0.15) is 9.97 Å². The van der Waals surface area contributed by atoms with Gasteiger partial charge in [0, 0.05) is 54.7 Å². The zero-order valence-electron chi connectivity index (χ0n) is 36.1. The maximum atomic E-state index is 9.09. The van der Waals surface area contributed by atoms with Crippen LogP contribution in [0.5, 0.6) is 0 Å². The lowest BCUT2D eigenvalue weighted by Crippen LogP contribution is -2.06. The monoisotopic (exact) mass is 735 g/mol. The van der Waals surface area contributed by atoms with E-state index in [1.165, 1.54) is 12.1 Å². The van der Waals surface area contributed by atoms with E-state index in [1.807, 2.05) is 115 Å². The lowest BCUT2D eigenvalue weighted by molar-refractivity contribution is 0.670. The van der Waals surface area contributed by atoms with Gasteiger partial charge >= 0.3 is 0 Å². The molecule has 0 N–H and O–H groups in total. The molecule has 0 aliphatic carbocycles. The van der Waals surface area contributed by atoms with Crippen LogP contribution in [0.3, 0.4) is 0 Å². The minimum atomic E-state index is -0.166. The van der Waals surface area contributed by atoms with E-state index < -0.39 is 0 Å². The number of furan rings is 1. The van der Waals surface area contributed by atoms with Gasteiger partial charge < -0.3 is 8.98 Å². The first-order chi connectivity index (χ1) is 30.7. The van der Waals surface area contributed by atoms with Gasteiger partial charge in [-0.25, -0.2) is 4.98 Å². The Labute approximate surface area is 335 Å². The van der Waals surface area contributed by atoms with Gasteiger partial charge in [0.1, 0.15) is 11.2 Å². The predicted molar refractivity (Wildman–Crippen MR) is 232 cm³/mol. The van der Waals surface area contributed by atoms with Gasteiger partial charge in [-0.05, 0) is 54.0 Å². The quantitative estimate of drug-likeness (QED) is 0.177. The third-order valence-electron chi connectivity index (χ3n) is 10.7. The minimum Gasteiger partial charge on any atom is -0.455 e. The Morgan fingerprint density at radius 2 is 1.02 bits per heavy atom. The second-order valence-corrected chi connectivity index (χ2v) is 14.0. The fourth-order valence-corrected chi connectivity index (χ4v) is 8.18. The molecule has 266 valence electrons. The second-order valence-electron chi connectivity index (χ2n) is 14.0. The average molecular weight is 736 g/mol. The predicted octanol–water partition coefficient (Wildman–Crippen LogP) is 13.0. The maximum Gasteiger partial charge on any atom is 0.238 e. The van der Waals surface area contributed by atoms with Crippen molar-refractivity contribution in [2.24, 2.45) is 0 Å². The molecule has 0 saturated carbocycles. The molecule has 0 radical (unpaired) electrons. The van der Waals surface area contributed by atoms with Crippen LogP contribution in [-0.2, 0) is 0 Å². The summed E-state index contributed by atoms with van der Waals surface area (Å²) in [6, 6.07) is 47.8. The molecule has 0 saturated heterocycles. The van der Waals surface area contributed by atoms with E-state index in [0.29, 0.717) is 40.0 Å². The van der Waals surface area contributed by atoms with Crippen LogP contribution in [-0.4, -0.2) is 24.1 Å². The van der Waals surface area contributed by atoms with Gasteiger partial charge in [0.2, 0.25) is 5.95 Å². The zero-order valence-corrected chi connectivity index (χ0v) is 30.1. The molecule has 0 fully saturated rings. The van der Waals surface area contributed by atoms with Crippen molar-refractivity contribution in [1.29, 1.82) is 0 Å². The van der Waals surface area contributed by atoms with E-state index in [4.69, 9.17) is 27.6 Å². The smallest absolute Gasteiger partial charge is 0.238 e. The summed E-state index contributed by atoms with van der Waals surface area (Å²) in [5, 5.41) is 4.15. The number of hydrogen-bond acceptors (Lipinski definition) is 4. The topological polar surface area (TPSA) is 61.7 Å². The van der Waals surface area contributed by atoms with E-state index >= 15 is 0 Å². The van der Waals surface area contributed by atoms with Crippen molar-refractivity contribution in [3.63, 3.8) is 0 Å². The van der Waals surface area contributed by atoms with Gasteiger partial charge in [0.05, 0.1) is 30.3 Å². The number of hydrogen-bond donors (Lipinski definition) is 0. The van der Waals surface area contributed by atoms with E-state index in [-0.39, 0.29) is 58.1 Å². The van der Waals surface area contributed by atoms with Crippen LogP contribution in [0.1, 0.15) is 8.22 Å². The molecule has 0 bridgehead atoms. The van der Waals surface area contributed by atoms with Crippen LogP contribution >= 0.6 is 0 Å². The molecule has 6 nitrogen and oxygen atoms in total. The van der Waals surface area contributed by atoms with E-state index in [9.17, 15) is 0 Å². The Kier molecular flexibility index (Phi) is 5.64. The van der Waals surface area contributed by atoms with Crippen LogP contribution in [0.25, 0.3) is 111 Å². The van der Waals surface area contributed by atoms with Crippen molar-refractivity contribution >= 4 is 65.6 Å². The van der Waals surface area contributed by atoms with Crippen molar-refractivity contribution in [3.8, 4) is 45.5 Å². The van der Waals surface area contributed by atoms with Gasteiger partial charge in [-0.3, -0.25) is 4.57 Å². The van der Waals surface area contributed by atoms with Gasteiger partial charge in [0.25, 0.3) is 0 Å². The lowest BCUT2D eigenvalue weighted by Gasteiger charge is -2.11. The first-order valence-electron chi connectivity index (χ1n) is 21.6. The fraction of sp³-hybridized carbons (Fsp3) is 0. The van der Waals surface area contributed by atoms with Crippen LogP contribution < -0.4 is 0 Å². The molecule has 12 aromatic rings. The molecule has 0 aliphatic rings. The summed E-state index contributed by atoms with van der Waals surface area (Å²) in [5.74, 6) is 1.46. The number of para-hydroxylation sites is 4. The summed E-state index contributed by atoms with van der Waals surface area (Å²) in [6.07, 6.45) is 0. The largest absolute Gasteiger partial charge is 0.455 e. The number of rotatable bonds is 5. The van der Waals surface area contributed by atoms with E-state index in [2.05, 4.69) is 28.8 Å². The SMILES string of the molecule is [2H]c1cc([2H])c2c(c1[2H])c1c([2H])c([2H])cc([2H])c1n2-c1cc(-c2ccccc2)c2oc3cc(-c4nc(-c5ccccc5)nc(-n5c6ccccc6c6ccccc65)n4)ccc3c2c1. The van der Waals surface area contributed by atoms with Crippen molar-refractivity contribution < 1.29 is 12.6 Å². The number of fused-ring (bicyclic) bond motifs is 9. The zero-order chi connectivity index (χ0) is 42.7. The van der Waals surface area contributed by atoms with Gasteiger partial charge in [0.15, 0.2) is 11.6 Å². The van der Waals surface area contributed by atoms with Gasteiger partial charge in [-0.15, -0.1) is 0 Å². The standard InChI is InChI=1S/C51H31N5O/c1-3-15-32(16-4-1)41-30-35(55-43-23-11-7-19-36(43)37-20-8-12-24-44(37)55)31-42-40-28-27-34(29-47(40)57-48(41)42)50-52-49(33-17-5-2-6-18-33)53-51(54-50)56-45-25-13-9-21-38(45)39-22-10-14-26-46(39)56/h1-31H/i7D,8D,19D,20D,23D,24D. The summed E-state index contributed by atoms with van der Waals surface area (Å²) in [6.45, 7) is 0. The first-order valence-corrected chi connectivity index (χ1v) is 18.6. The highest BCUT2D eigenvalue weighted by atomic mass is 16.3. The molecule has 4 heterocycles. The summed E-state index contributed by atoms with van der Waals surface area (Å²) < 4.78 is 63.6. The van der Waals surface area contributed by atoms with Crippen molar-refractivity contribution in [1.82, 2.24) is 24.1 Å². The highest BCUT2D eigenvalue weighted by Gasteiger charge is 2.21. The Morgan fingerprint density at radius 3 is 1.68 bits per heavy atom. The molecule has 4 aromatic heterocycles. The molecule has 0 atom stereocenters. The van der Waals surface area contributed by atoms with Crippen molar-refractivity contribution in [3.05, 3.63) is 188 Å². The molecule has 0 unspecified atom stereocenters. The lowest BCUT2D eigenvalue weighted by atomic mass is 10.0. The maximum absolute atomic E-state index is 9.09. The third kappa shape index (κ3) is 4.87. The Bertz CT molecular complexity index is 3760. The normalized spacial score (nSPS) is 13.3. The minimum absolute atomic E-state index is 0.0249. The van der Waals surface area contributed by atoms with Crippen LogP contribution in [0.15, 0.2) is 192 Å². The molecule has 57 heavy (non-hydrogen) atoms. The number of nitrogens with zero attached hydrogens (tertiary/aromatic N) is 5. The summed E-state index contributed by atoms with van der Waals surface area (Å²) in [4.78, 5) is 15.3. The number of aromatic nitrogens is 5. The van der Waals surface area contributed by atoms with Crippen LogP contribution in [0.4, 0.5) is 0 Å². The van der Waals surface area contributed by atoms with Gasteiger partial charge in [-0.1, -0.05) is 139 Å². The summed E-state index contributed by atoms with van der Waals surface area (Å²) in [5.41, 5.74) is 7.48. The molecule has 8 aromatic carbocycles. The molecule has 0 aliphatic heterocycles. The molecule has 6 heteroatoms. The number of benzene rings is 8. The van der Waals surface area contributed by atoms with E-state index in [1.54, 1.807) is 4.57 Å². The highest BCUT2D eigenvalue weighted by molar-refractivity contribution is 6.13. The third-order valence-corrected chi connectivity index (χ3v) is 10.7. The molecule has 12 rings (SSSR count). The average Bonchev–Trinajstić information content (AvgIpc) is 3.99. The molecular weight excluding hydrogens is 699 g/mol. The van der Waals surface area contributed by atoms with E-state index in [0.717, 1.165) is 49.3 Å². The van der Waals surface area contributed by atoms with Crippen LogP contribution in [0, 0.1) is 0 Å². The first kappa shape index (κ1) is 26.1. The molecule has 0 spiro atoms. The van der Waals surface area contributed by atoms with Crippen molar-refractivity contribution in [2.75, 3.05) is 0 Å². The molecule has 0 amide bonds. The Morgan fingerprint density at radius 1 is 0.421 bits per heavy atom. The Balaban J connectivity index is 1.12. The summed E-state index contributed by atoms with van der Waals surface area (Å²) in [7, 11) is 0. The second kappa shape index (κ2) is 12.3. The van der Waals surface area contributed by atoms with Crippen LogP contribution in [0.2, 0.25) is 0 Å². The highest BCUT2D eigenvalue weighted by Crippen LogP contribution is 2.41. The molecular formula is C51H31N5O. The fourth-order valence-electron chi connectivity index (χ4n) is 8.18. The Hall–Kier alpha value is -7.83.